The van der Waals surface area contributed by atoms with Gasteiger partial charge in [-0.2, -0.15) is 0 Å². The van der Waals surface area contributed by atoms with Crippen LogP contribution >= 0.6 is 0 Å². The van der Waals surface area contributed by atoms with E-state index in [0.717, 1.165) is 31.2 Å². The third-order valence-corrected chi connectivity index (χ3v) is 6.67. The Morgan fingerprint density at radius 3 is 2.45 bits per heavy atom. The minimum absolute atomic E-state index is 0.00245. The van der Waals surface area contributed by atoms with Crippen LogP contribution in [0, 0.1) is 12.8 Å². The maximum atomic E-state index is 13.5. The molecule has 4 heteroatoms. The van der Waals surface area contributed by atoms with Crippen molar-refractivity contribution in [3.05, 3.63) is 71.3 Å². The molecule has 2 aliphatic rings. The summed E-state index contributed by atoms with van der Waals surface area (Å²) < 4.78 is 0. The van der Waals surface area contributed by atoms with Crippen LogP contribution in [0.3, 0.4) is 0 Å². The first-order valence-corrected chi connectivity index (χ1v) is 10.7. The van der Waals surface area contributed by atoms with Crippen LogP contribution in [-0.2, 0) is 11.3 Å². The van der Waals surface area contributed by atoms with Crippen LogP contribution < -0.4 is 0 Å². The molecule has 1 aliphatic heterocycles. The number of nitrogens with zero attached hydrogens (tertiary/aromatic N) is 2. The predicted octanol–water partition coefficient (Wildman–Crippen LogP) is 4.43. The first kappa shape index (κ1) is 19.7. The highest BCUT2D eigenvalue weighted by Crippen LogP contribution is 2.41. The zero-order valence-corrected chi connectivity index (χ0v) is 17.4. The minimum Gasteiger partial charge on any atom is -0.340 e. The SMILES string of the molecule is Cc1ccccc1CN(C)C(=O)C1CC2CCCCC2N1C(=O)c1ccccc1. The van der Waals surface area contributed by atoms with E-state index in [1.165, 1.54) is 12.0 Å². The van der Waals surface area contributed by atoms with E-state index < -0.39 is 0 Å². The van der Waals surface area contributed by atoms with Crippen molar-refractivity contribution in [3.8, 4) is 0 Å². The van der Waals surface area contributed by atoms with Crippen molar-refractivity contribution in [3.63, 3.8) is 0 Å². The van der Waals surface area contributed by atoms with E-state index in [1.807, 2.05) is 54.4 Å². The smallest absolute Gasteiger partial charge is 0.254 e. The average Bonchev–Trinajstić information content (AvgIpc) is 3.14. The van der Waals surface area contributed by atoms with Gasteiger partial charge >= 0.3 is 0 Å². The van der Waals surface area contributed by atoms with Gasteiger partial charge in [0.25, 0.3) is 5.91 Å². The molecule has 3 atom stereocenters. The first-order valence-electron chi connectivity index (χ1n) is 10.7. The number of benzene rings is 2. The van der Waals surface area contributed by atoms with E-state index >= 15 is 0 Å². The summed E-state index contributed by atoms with van der Waals surface area (Å²) in [6.07, 6.45) is 5.26. The molecule has 0 spiro atoms. The first-order chi connectivity index (χ1) is 14.1. The summed E-state index contributed by atoms with van der Waals surface area (Å²) in [6, 6.07) is 17.4. The Morgan fingerprint density at radius 2 is 1.69 bits per heavy atom. The van der Waals surface area contributed by atoms with Crippen molar-refractivity contribution >= 4 is 11.8 Å². The lowest BCUT2D eigenvalue weighted by Gasteiger charge is -2.34. The van der Waals surface area contributed by atoms with Crippen LogP contribution in [0.5, 0.6) is 0 Å². The Labute approximate surface area is 173 Å². The maximum absolute atomic E-state index is 13.5. The van der Waals surface area contributed by atoms with Crippen molar-refractivity contribution in [2.24, 2.45) is 5.92 Å². The fourth-order valence-electron chi connectivity index (χ4n) is 5.08. The number of likely N-dealkylation sites (N-methyl/N-ethyl adjacent to an activating group) is 1. The number of rotatable bonds is 4. The second-order valence-electron chi connectivity index (χ2n) is 8.56. The number of likely N-dealkylation sites (tertiary alicyclic amines) is 1. The highest BCUT2D eigenvalue weighted by molar-refractivity contribution is 5.98. The molecule has 4 rings (SSSR count). The van der Waals surface area contributed by atoms with Crippen LogP contribution in [0.15, 0.2) is 54.6 Å². The predicted molar refractivity (Wildman–Crippen MR) is 114 cm³/mol. The largest absolute Gasteiger partial charge is 0.340 e. The Hall–Kier alpha value is -2.62. The molecule has 2 aromatic rings. The molecule has 0 N–H and O–H groups in total. The van der Waals surface area contributed by atoms with E-state index in [0.29, 0.717) is 18.0 Å². The van der Waals surface area contributed by atoms with Gasteiger partial charge in [0.05, 0.1) is 0 Å². The monoisotopic (exact) mass is 390 g/mol. The topological polar surface area (TPSA) is 40.6 Å². The number of carbonyl (C=O) groups excluding carboxylic acids is 2. The molecule has 0 bridgehead atoms. The van der Waals surface area contributed by atoms with Gasteiger partial charge < -0.3 is 9.80 Å². The zero-order valence-electron chi connectivity index (χ0n) is 17.4. The minimum atomic E-state index is -0.357. The number of fused-ring (bicyclic) bond motifs is 1. The van der Waals surface area contributed by atoms with Gasteiger partial charge in [0.2, 0.25) is 5.91 Å². The Balaban J connectivity index is 1.58. The molecule has 2 amide bonds. The molecule has 1 saturated carbocycles. The van der Waals surface area contributed by atoms with Gasteiger partial charge in [0.15, 0.2) is 0 Å². The third-order valence-electron chi connectivity index (χ3n) is 6.67. The molecule has 1 heterocycles. The Kier molecular flexibility index (Phi) is 5.70. The van der Waals surface area contributed by atoms with Crippen molar-refractivity contribution < 1.29 is 9.59 Å². The molecule has 4 nitrogen and oxygen atoms in total. The summed E-state index contributed by atoms with van der Waals surface area (Å²) in [5.41, 5.74) is 3.02. The van der Waals surface area contributed by atoms with E-state index in [9.17, 15) is 9.59 Å². The van der Waals surface area contributed by atoms with E-state index in [4.69, 9.17) is 0 Å². The third kappa shape index (κ3) is 3.93. The molecule has 1 saturated heterocycles. The summed E-state index contributed by atoms with van der Waals surface area (Å²) in [5, 5.41) is 0. The molecule has 0 aromatic heterocycles. The lowest BCUT2D eigenvalue weighted by atomic mass is 9.84. The number of amides is 2. The average molecular weight is 391 g/mol. The normalized spacial score (nSPS) is 23.5. The summed E-state index contributed by atoms with van der Waals surface area (Å²) in [7, 11) is 1.86. The molecular weight excluding hydrogens is 360 g/mol. The van der Waals surface area contributed by atoms with Gasteiger partial charge in [-0.15, -0.1) is 0 Å². The number of hydrogen-bond donors (Lipinski definition) is 0. The van der Waals surface area contributed by atoms with E-state index in [-0.39, 0.29) is 23.9 Å². The van der Waals surface area contributed by atoms with Gasteiger partial charge in [-0.25, -0.2) is 0 Å². The van der Waals surface area contributed by atoms with Gasteiger partial charge in [-0.1, -0.05) is 55.3 Å². The van der Waals surface area contributed by atoms with E-state index in [1.54, 1.807) is 4.90 Å². The summed E-state index contributed by atoms with van der Waals surface area (Å²) >= 11 is 0. The second-order valence-corrected chi connectivity index (χ2v) is 8.56. The Bertz CT molecular complexity index is 879. The fourth-order valence-corrected chi connectivity index (χ4v) is 5.08. The molecule has 1 aliphatic carbocycles. The molecular formula is C25H30N2O2. The standard InChI is InChI=1S/C25H30N2O2/c1-18-10-6-7-14-21(18)17-26(2)25(29)23-16-20-13-8-9-15-22(20)27(23)24(28)19-11-4-3-5-12-19/h3-7,10-12,14,20,22-23H,8-9,13,15-17H2,1-2H3. The van der Waals surface area contributed by atoms with Crippen LogP contribution in [0.1, 0.15) is 53.6 Å². The molecule has 2 aromatic carbocycles. The molecule has 2 fully saturated rings. The highest BCUT2D eigenvalue weighted by Gasteiger charge is 2.48. The highest BCUT2D eigenvalue weighted by atomic mass is 16.2. The summed E-state index contributed by atoms with van der Waals surface area (Å²) in [6.45, 7) is 2.65. The van der Waals surface area contributed by atoms with E-state index in [2.05, 4.69) is 19.1 Å². The molecule has 0 radical (unpaired) electrons. The quantitative estimate of drug-likeness (QED) is 0.775. The maximum Gasteiger partial charge on any atom is 0.254 e. The van der Waals surface area contributed by atoms with Gasteiger partial charge in [0, 0.05) is 25.2 Å². The summed E-state index contributed by atoms with van der Waals surface area (Å²) in [5.74, 6) is 0.506. The van der Waals surface area contributed by atoms with Crippen LogP contribution in [-0.4, -0.2) is 40.7 Å². The molecule has 3 unspecified atom stereocenters. The van der Waals surface area contributed by atoms with Crippen LogP contribution in [0.25, 0.3) is 0 Å². The van der Waals surface area contributed by atoms with Crippen molar-refractivity contribution in [2.75, 3.05) is 7.05 Å². The van der Waals surface area contributed by atoms with Crippen LogP contribution in [0.2, 0.25) is 0 Å². The number of carbonyl (C=O) groups is 2. The van der Waals surface area contributed by atoms with Gasteiger partial charge in [-0.05, 0) is 55.4 Å². The van der Waals surface area contributed by atoms with Crippen molar-refractivity contribution in [1.82, 2.24) is 9.80 Å². The fraction of sp³-hybridized carbons (Fsp3) is 0.440. The zero-order chi connectivity index (χ0) is 20.4. The van der Waals surface area contributed by atoms with Gasteiger partial charge in [0.1, 0.15) is 6.04 Å². The molecule has 152 valence electrons. The Morgan fingerprint density at radius 1 is 1.00 bits per heavy atom. The lowest BCUT2D eigenvalue weighted by molar-refractivity contribution is -0.134. The molecule has 29 heavy (non-hydrogen) atoms. The second kappa shape index (κ2) is 8.40. The summed E-state index contributed by atoms with van der Waals surface area (Å²) in [4.78, 5) is 30.6. The van der Waals surface area contributed by atoms with Gasteiger partial charge in [-0.3, -0.25) is 9.59 Å². The number of aryl methyl sites for hydroxylation is 1. The van der Waals surface area contributed by atoms with Crippen molar-refractivity contribution in [1.29, 1.82) is 0 Å². The number of hydrogen-bond acceptors (Lipinski definition) is 2. The van der Waals surface area contributed by atoms with Crippen LogP contribution in [0.4, 0.5) is 0 Å². The van der Waals surface area contributed by atoms with Crippen molar-refractivity contribution in [2.45, 2.75) is 57.7 Å². The lowest BCUT2D eigenvalue weighted by Crippen LogP contribution is -2.49.